The van der Waals surface area contributed by atoms with Gasteiger partial charge in [-0.3, -0.25) is 5.32 Å². The van der Waals surface area contributed by atoms with Gasteiger partial charge in [0, 0.05) is 19.4 Å². The number of aromatic nitrogens is 1. The second-order valence-electron chi connectivity index (χ2n) is 6.08. The van der Waals surface area contributed by atoms with Crippen LogP contribution >= 0.6 is 0 Å². The molecule has 2 unspecified atom stereocenters. The summed E-state index contributed by atoms with van der Waals surface area (Å²) < 4.78 is 10.7. The Balaban J connectivity index is 1.69. The molecule has 1 fully saturated rings. The summed E-state index contributed by atoms with van der Waals surface area (Å²) in [6, 6.07) is 13.1. The van der Waals surface area contributed by atoms with E-state index in [2.05, 4.69) is 15.6 Å². The minimum absolute atomic E-state index is 0.0809. The van der Waals surface area contributed by atoms with Crippen molar-refractivity contribution >= 4 is 11.8 Å². The van der Waals surface area contributed by atoms with Gasteiger partial charge in [0.05, 0.1) is 13.2 Å². The summed E-state index contributed by atoms with van der Waals surface area (Å²) in [5, 5.41) is 5.83. The molecule has 1 aliphatic heterocycles. The molecule has 0 spiro atoms. The number of carbonyl (C=O) groups is 1. The molecule has 2 heterocycles. The third-order valence-corrected chi connectivity index (χ3v) is 4.32. The summed E-state index contributed by atoms with van der Waals surface area (Å²) >= 11 is 0. The average molecular weight is 341 g/mol. The monoisotopic (exact) mass is 341 g/mol. The molecule has 0 saturated carbocycles. The number of amides is 2. The fourth-order valence-corrected chi connectivity index (χ4v) is 3.02. The molecule has 3 rings (SSSR count). The molecule has 6 nitrogen and oxygen atoms in total. The molecule has 0 bridgehead atoms. The van der Waals surface area contributed by atoms with E-state index in [-0.39, 0.29) is 12.1 Å². The molecule has 2 N–H and O–H groups in total. The summed E-state index contributed by atoms with van der Waals surface area (Å²) in [6.07, 6.45) is 3.49. The summed E-state index contributed by atoms with van der Waals surface area (Å²) in [5.41, 5.74) is 1.08. The largest absolute Gasteiger partial charge is 0.493 e. The van der Waals surface area contributed by atoms with Gasteiger partial charge in [0.1, 0.15) is 0 Å². The van der Waals surface area contributed by atoms with Gasteiger partial charge in [0.15, 0.2) is 11.6 Å². The molecule has 1 saturated heterocycles. The molecule has 1 aliphatic rings. The second-order valence-corrected chi connectivity index (χ2v) is 6.08. The molecule has 132 valence electrons. The first kappa shape index (κ1) is 17.2. The van der Waals surface area contributed by atoms with Crippen LogP contribution in [-0.4, -0.2) is 31.3 Å². The van der Waals surface area contributed by atoms with E-state index in [1.54, 1.807) is 25.4 Å². The molecule has 6 heteroatoms. The van der Waals surface area contributed by atoms with Crippen LogP contribution < -0.4 is 15.4 Å². The number of hydrogen-bond acceptors (Lipinski definition) is 4. The van der Waals surface area contributed by atoms with Crippen molar-refractivity contribution in [1.29, 1.82) is 0 Å². The van der Waals surface area contributed by atoms with Crippen molar-refractivity contribution in [3.8, 4) is 5.75 Å². The van der Waals surface area contributed by atoms with E-state index < -0.39 is 0 Å². The van der Waals surface area contributed by atoms with E-state index in [0.29, 0.717) is 17.5 Å². The summed E-state index contributed by atoms with van der Waals surface area (Å²) in [6.45, 7) is 1.55. The molecule has 25 heavy (non-hydrogen) atoms. The molecule has 1 aromatic heterocycles. The number of benzene rings is 1. The number of carbonyl (C=O) groups excluding carboxylic acids is 1. The van der Waals surface area contributed by atoms with Gasteiger partial charge in [-0.05, 0) is 36.5 Å². The van der Waals surface area contributed by atoms with E-state index in [9.17, 15) is 4.79 Å². The molecule has 1 aromatic carbocycles. The van der Waals surface area contributed by atoms with Gasteiger partial charge in [-0.1, -0.05) is 30.3 Å². The van der Waals surface area contributed by atoms with Crippen molar-refractivity contribution in [2.75, 3.05) is 25.6 Å². The van der Waals surface area contributed by atoms with Crippen molar-refractivity contribution in [3.05, 3.63) is 54.2 Å². The molecule has 0 aliphatic carbocycles. The third kappa shape index (κ3) is 4.70. The van der Waals surface area contributed by atoms with Crippen LogP contribution in [0, 0.1) is 5.92 Å². The lowest BCUT2D eigenvalue weighted by atomic mass is 9.94. The molecule has 0 radical (unpaired) electrons. The minimum Gasteiger partial charge on any atom is -0.493 e. The van der Waals surface area contributed by atoms with Gasteiger partial charge in [0.25, 0.3) is 0 Å². The van der Waals surface area contributed by atoms with Crippen LogP contribution in [0.15, 0.2) is 48.7 Å². The van der Waals surface area contributed by atoms with Crippen molar-refractivity contribution in [2.24, 2.45) is 5.92 Å². The molecular formula is C19H23N3O3. The Bertz CT molecular complexity index is 687. The Morgan fingerprint density at radius 3 is 2.88 bits per heavy atom. The first-order valence-electron chi connectivity index (χ1n) is 8.45. The normalized spacial score (nSPS) is 17.7. The van der Waals surface area contributed by atoms with E-state index in [4.69, 9.17) is 9.47 Å². The predicted molar refractivity (Wildman–Crippen MR) is 95.7 cm³/mol. The number of rotatable bonds is 6. The topological polar surface area (TPSA) is 72.5 Å². The third-order valence-electron chi connectivity index (χ3n) is 4.32. The lowest BCUT2D eigenvalue weighted by Crippen LogP contribution is -2.34. The Morgan fingerprint density at radius 2 is 2.16 bits per heavy atom. The van der Waals surface area contributed by atoms with E-state index in [0.717, 1.165) is 31.6 Å². The fourth-order valence-electron chi connectivity index (χ4n) is 3.02. The Morgan fingerprint density at radius 1 is 1.32 bits per heavy atom. The zero-order chi connectivity index (χ0) is 17.5. The highest BCUT2D eigenvalue weighted by Crippen LogP contribution is 2.27. The number of ether oxygens (including phenoxy) is 2. The lowest BCUT2D eigenvalue weighted by Gasteiger charge is -2.22. The molecule has 2 amide bonds. The van der Waals surface area contributed by atoms with Crippen LogP contribution in [0.4, 0.5) is 10.6 Å². The van der Waals surface area contributed by atoms with Gasteiger partial charge in [-0.2, -0.15) is 0 Å². The molecule has 2 atom stereocenters. The fraction of sp³-hybridized carbons (Fsp3) is 0.368. The Kier molecular flexibility index (Phi) is 5.85. The van der Waals surface area contributed by atoms with Gasteiger partial charge >= 0.3 is 6.03 Å². The highest BCUT2D eigenvalue weighted by atomic mass is 16.5. The number of pyridine rings is 1. The zero-order valence-corrected chi connectivity index (χ0v) is 14.3. The van der Waals surface area contributed by atoms with Crippen LogP contribution in [0.1, 0.15) is 24.4 Å². The van der Waals surface area contributed by atoms with Gasteiger partial charge in [-0.25, -0.2) is 9.78 Å². The smallest absolute Gasteiger partial charge is 0.320 e. The summed E-state index contributed by atoms with van der Waals surface area (Å²) in [7, 11) is 1.55. The average Bonchev–Trinajstić information content (AvgIpc) is 3.15. The number of methoxy groups -OCH3 is 1. The molecular weight excluding hydrogens is 318 g/mol. The summed E-state index contributed by atoms with van der Waals surface area (Å²) in [4.78, 5) is 16.6. The van der Waals surface area contributed by atoms with E-state index in [1.165, 1.54) is 0 Å². The van der Waals surface area contributed by atoms with Gasteiger partial charge in [-0.15, -0.1) is 0 Å². The van der Waals surface area contributed by atoms with Crippen LogP contribution in [0.2, 0.25) is 0 Å². The standard InChI is InChI=1S/C19H23N3O3/c1-24-17-8-5-10-20-18(17)22-19(23)21-16(12-14-9-11-25-13-14)15-6-3-2-4-7-15/h2-8,10,14,16H,9,11-13H2,1H3,(H2,20,21,22,23). The van der Waals surface area contributed by atoms with Gasteiger partial charge < -0.3 is 14.8 Å². The highest BCUT2D eigenvalue weighted by molar-refractivity contribution is 5.89. The van der Waals surface area contributed by atoms with Crippen molar-refractivity contribution in [2.45, 2.75) is 18.9 Å². The Labute approximate surface area is 147 Å². The second kappa shape index (κ2) is 8.48. The zero-order valence-electron chi connectivity index (χ0n) is 14.3. The van der Waals surface area contributed by atoms with E-state index >= 15 is 0 Å². The summed E-state index contributed by atoms with van der Waals surface area (Å²) in [5.74, 6) is 1.38. The maximum atomic E-state index is 12.5. The highest BCUT2D eigenvalue weighted by Gasteiger charge is 2.23. The van der Waals surface area contributed by atoms with Gasteiger partial charge in [0.2, 0.25) is 0 Å². The van der Waals surface area contributed by atoms with Crippen LogP contribution in [0.3, 0.4) is 0 Å². The van der Waals surface area contributed by atoms with Crippen molar-refractivity contribution in [3.63, 3.8) is 0 Å². The molecule has 2 aromatic rings. The van der Waals surface area contributed by atoms with Crippen LogP contribution in [0.5, 0.6) is 5.75 Å². The SMILES string of the molecule is COc1cccnc1NC(=O)NC(CC1CCOC1)c1ccccc1. The minimum atomic E-state index is -0.301. The van der Waals surface area contributed by atoms with E-state index in [1.807, 2.05) is 30.3 Å². The first-order chi connectivity index (χ1) is 12.3. The van der Waals surface area contributed by atoms with Crippen molar-refractivity contribution in [1.82, 2.24) is 10.3 Å². The van der Waals surface area contributed by atoms with Crippen molar-refractivity contribution < 1.29 is 14.3 Å². The quantitative estimate of drug-likeness (QED) is 0.845. The number of urea groups is 1. The predicted octanol–water partition coefficient (Wildman–Crippen LogP) is 3.38. The number of nitrogens with zero attached hydrogens (tertiary/aromatic N) is 1. The number of anilines is 1. The lowest BCUT2D eigenvalue weighted by molar-refractivity contribution is 0.181. The maximum Gasteiger partial charge on any atom is 0.320 e. The maximum absolute atomic E-state index is 12.5. The number of nitrogens with one attached hydrogen (secondary N) is 2. The Hall–Kier alpha value is -2.60. The first-order valence-corrected chi connectivity index (χ1v) is 8.45. The van der Waals surface area contributed by atoms with Crippen LogP contribution in [0.25, 0.3) is 0 Å². The van der Waals surface area contributed by atoms with Crippen LogP contribution in [-0.2, 0) is 4.74 Å². The number of hydrogen-bond donors (Lipinski definition) is 2.